The Morgan fingerprint density at radius 2 is 1.84 bits per heavy atom. The molecule has 1 nitrogen and oxygen atoms in total. The van der Waals surface area contributed by atoms with Gasteiger partial charge in [-0.1, -0.05) is 25.2 Å². The molecule has 0 rings (SSSR count). The summed E-state index contributed by atoms with van der Waals surface area (Å²) in [6, 6.07) is 0. The van der Waals surface area contributed by atoms with Gasteiger partial charge in [-0.15, -0.1) is 0 Å². The second-order valence-electron chi connectivity index (χ2n) is 4.92. The van der Waals surface area contributed by atoms with Gasteiger partial charge in [-0.05, 0) is 63.3 Å². The van der Waals surface area contributed by atoms with E-state index >= 15 is 0 Å². The normalized spacial score (nSPS) is 12.9. The fourth-order valence-corrected chi connectivity index (χ4v) is 1.54. The van der Waals surface area contributed by atoms with E-state index in [-0.39, 0.29) is 5.83 Å². The average molecular weight is 263 g/mol. The van der Waals surface area contributed by atoms with Crippen molar-refractivity contribution in [3.63, 3.8) is 0 Å². The van der Waals surface area contributed by atoms with Crippen molar-refractivity contribution in [2.75, 3.05) is 6.54 Å². The Balaban J connectivity index is 4.49. The first-order valence-electron chi connectivity index (χ1n) is 6.75. The van der Waals surface area contributed by atoms with E-state index in [9.17, 15) is 4.39 Å². The largest absolute Gasteiger partial charge is 0.292 e. The molecule has 0 unspecified atom stereocenters. The van der Waals surface area contributed by atoms with Gasteiger partial charge in [-0.2, -0.15) is 0 Å². The molecule has 0 aromatic rings. The van der Waals surface area contributed by atoms with Gasteiger partial charge in [0.15, 0.2) is 0 Å². The quantitative estimate of drug-likeness (QED) is 0.420. The maximum Gasteiger partial charge on any atom is 0.121 e. The van der Waals surface area contributed by atoms with Crippen LogP contribution in [-0.4, -0.2) is 12.8 Å². The molecule has 0 saturated carbocycles. The zero-order chi connectivity index (χ0) is 14.8. The van der Waals surface area contributed by atoms with Gasteiger partial charge in [0, 0.05) is 12.8 Å². The Kier molecular flexibility index (Phi) is 8.77. The van der Waals surface area contributed by atoms with Crippen LogP contribution in [0.25, 0.3) is 0 Å². The predicted octanol–water partition coefficient (Wildman–Crippen LogP) is 5.57. The van der Waals surface area contributed by atoms with E-state index in [4.69, 9.17) is 0 Å². The molecule has 0 aliphatic carbocycles. The first-order valence-corrected chi connectivity index (χ1v) is 6.75. The highest BCUT2D eigenvalue weighted by Crippen LogP contribution is 2.13. The van der Waals surface area contributed by atoms with Gasteiger partial charge in [-0.3, -0.25) is 4.99 Å². The molecular weight excluding hydrogens is 237 g/mol. The number of hydrogen-bond acceptors (Lipinski definition) is 1. The lowest BCUT2D eigenvalue weighted by Gasteiger charge is -2.03. The molecule has 0 radical (unpaired) electrons. The Hall–Kier alpha value is -1.44. The van der Waals surface area contributed by atoms with Gasteiger partial charge in [0.05, 0.1) is 0 Å². The number of nitrogens with zero attached hydrogens (tertiary/aromatic N) is 1. The minimum absolute atomic E-state index is 0.139. The standard InChI is InChI=1S/C17H26FN/c1-7-8-9-17(18)15(6)10-11-19-12-16(13(2)3)14(4)5/h8-9,12H,2,7,10-11H2,1,3-6H3/b9-8-,17-15-,19-12?. The number of aliphatic imine (C=N–C) groups is 1. The molecule has 2 heteroatoms. The van der Waals surface area contributed by atoms with Crippen molar-refractivity contribution in [2.45, 2.75) is 47.5 Å². The van der Waals surface area contributed by atoms with E-state index in [1.165, 1.54) is 11.6 Å². The van der Waals surface area contributed by atoms with Crippen LogP contribution in [0, 0.1) is 0 Å². The summed E-state index contributed by atoms with van der Waals surface area (Å²) in [6.45, 7) is 14.4. The molecule has 0 N–H and O–H groups in total. The summed E-state index contributed by atoms with van der Waals surface area (Å²) in [5, 5.41) is 0. The van der Waals surface area contributed by atoms with Crippen LogP contribution in [0.3, 0.4) is 0 Å². The van der Waals surface area contributed by atoms with Crippen molar-refractivity contribution in [3.8, 4) is 0 Å². The molecule has 0 fully saturated rings. The molecule has 0 saturated heterocycles. The Bertz CT molecular complexity index is 419. The third kappa shape index (κ3) is 7.55. The van der Waals surface area contributed by atoms with E-state index in [0.717, 1.165) is 23.1 Å². The van der Waals surface area contributed by atoms with Crippen molar-refractivity contribution in [3.05, 3.63) is 46.9 Å². The predicted molar refractivity (Wildman–Crippen MR) is 84.4 cm³/mol. The van der Waals surface area contributed by atoms with Crippen LogP contribution in [0.1, 0.15) is 47.5 Å². The molecule has 0 bridgehead atoms. The minimum Gasteiger partial charge on any atom is -0.292 e. The summed E-state index contributed by atoms with van der Waals surface area (Å²) in [5.74, 6) is -0.139. The minimum atomic E-state index is -0.139. The van der Waals surface area contributed by atoms with E-state index in [2.05, 4.69) is 11.6 Å². The maximum atomic E-state index is 13.5. The van der Waals surface area contributed by atoms with Crippen LogP contribution in [-0.2, 0) is 0 Å². The molecule has 0 aromatic carbocycles. The van der Waals surface area contributed by atoms with Crippen LogP contribution in [0.15, 0.2) is 51.8 Å². The summed E-state index contributed by atoms with van der Waals surface area (Å²) in [5.41, 5.74) is 4.03. The van der Waals surface area contributed by atoms with E-state index in [1.54, 1.807) is 0 Å². The smallest absolute Gasteiger partial charge is 0.121 e. The van der Waals surface area contributed by atoms with Crippen molar-refractivity contribution < 1.29 is 4.39 Å². The summed E-state index contributed by atoms with van der Waals surface area (Å²) in [4.78, 5) is 4.35. The average Bonchev–Trinajstić information content (AvgIpc) is 2.34. The lowest BCUT2D eigenvalue weighted by atomic mass is 10.1. The second-order valence-corrected chi connectivity index (χ2v) is 4.92. The van der Waals surface area contributed by atoms with Crippen LogP contribution >= 0.6 is 0 Å². The highest BCUT2D eigenvalue weighted by Gasteiger charge is 1.98. The molecule has 19 heavy (non-hydrogen) atoms. The van der Waals surface area contributed by atoms with Crippen molar-refractivity contribution >= 4 is 6.21 Å². The number of allylic oxidation sites excluding steroid dienone is 6. The summed E-state index contributed by atoms with van der Waals surface area (Å²) >= 11 is 0. The van der Waals surface area contributed by atoms with E-state index in [1.807, 2.05) is 46.9 Å². The lowest BCUT2D eigenvalue weighted by Crippen LogP contribution is -1.92. The molecule has 0 aliphatic rings. The first-order chi connectivity index (χ1) is 8.90. The van der Waals surface area contributed by atoms with Gasteiger partial charge >= 0.3 is 0 Å². The SMILES string of the molecule is C=C(C)C(C=NCC/C(C)=C(F)/C=C\CC)=C(C)C. The third-order valence-electron chi connectivity index (χ3n) is 2.74. The first kappa shape index (κ1) is 17.6. The van der Waals surface area contributed by atoms with Gasteiger partial charge in [-0.25, -0.2) is 4.39 Å². The number of halogens is 1. The van der Waals surface area contributed by atoms with Gasteiger partial charge in [0.25, 0.3) is 0 Å². The summed E-state index contributed by atoms with van der Waals surface area (Å²) in [6.07, 6.45) is 6.69. The molecule has 106 valence electrons. The highest BCUT2D eigenvalue weighted by atomic mass is 19.1. The summed E-state index contributed by atoms with van der Waals surface area (Å²) in [7, 11) is 0. The Morgan fingerprint density at radius 1 is 1.21 bits per heavy atom. The maximum absolute atomic E-state index is 13.5. The van der Waals surface area contributed by atoms with Crippen LogP contribution < -0.4 is 0 Å². The van der Waals surface area contributed by atoms with Crippen molar-refractivity contribution in [1.82, 2.24) is 0 Å². The fourth-order valence-electron chi connectivity index (χ4n) is 1.54. The Morgan fingerprint density at radius 3 is 2.32 bits per heavy atom. The molecular formula is C17H26FN. The monoisotopic (exact) mass is 263 g/mol. The zero-order valence-corrected chi connectivity index (χ0v) is 12.9. The van der Waals surface area contributed by atoms with Crippen molar-refractivity contribution in [2.24, 2.45) is 4.99 Å². The topological polar surface area (TPSA) is 12.4 Å². The zero-order valence-electron chi connectivity index (χ0n) is 12.9. The molecule has 0 atom stereocenters. The van der Waals surface area contributed by atoms with Crippen LogP contribution in [0.5, 0.6) is 0 Å². The lowest BCUT2D eigenvalue weighted by molar-refractivity contribution is 0.644. The van der Waals surface area contributed by atoms with E-state index < -0.39 is 0 Å². The van der Waals surface area contributed by atoms with E-state index in [0.29, 0.717) is 13.0 Å². The molecule has 0 amide bonds. The number of rotatable bonds is 7. The van der Waals surface area contributed by atoms with Gasteiger partial charge in [0.1, 0.15) is 5.83 Å². The van der Waals surface area contributed by atoms with Crippen molar-refractivity contribution in [1.29, 1.82) is 0 Å². The number of hydrogen-bond donors (Lipinski definition) is 0. The van der Waals surface area contributed by atoms with Crippen LogP contribution in [0.4, 0.5) is 4.39 Å². The molecule has 0 aromatic heterocycles. The molecule has 0 spiro atoms. The fraction of sp³-hybridized carbons (Fsp3) is 0.471. The van der Waals surface area contributed by atoms with Crippen LogP contribution in [0.2, 0.25) is 0 Å². The molecule has 0 heterocycles. The highest BCUT2D eigenvalue weighted by molar-refractivity contribution is 5.85. The molecule has 0 aliphatic heterocycles. The summed E-state index contributed by atoms with van der Waals surface area (Å²) < 4.78 is 13.5. The third-order valence-corrected chi connectivity index (χ3v) is 2.74. The second kappa shape index (κ2) is 9.48. The van der Waals surface area contributed by atoms with Gasteiger partial charge in [0.2, 0.25) is 0 Å². The van der Waals surface area contributed by atoms with Gasteiger partial charge < -0.3 is 0 Å². The Labute approximate surface area is 117 Å².